The summed E-state index contributed by atoms with van der Waals surface area (Å²) in [7, 11) is -3.72. The number of oxime groups is 1. The predicted octanol–water partition coefficient (Wildman–Crippen LogP) is -1.86. The van der Waals surface area contributed by atoms with Gasteiger partial charge in [0, 0.05) is 12.3 Å². The summed E-state index contributed by atoms with van der Waals surface area (Å²) in [5.41, 5.74) is 5.27. The predicted molar refractivity (Wildman–Crippen MR) is 90.8 cm³/mol. The van der Waals surface area contributed by atoms with Crippen molar-refractivity contribution in [2.45, 2.75) is 19.0 Å². The van der Waals surface area contributed by atoms with Crippen molar-refractivity contribution in [1.29, 1.82) is 0 Å². The maximum absolute atomic E-state index is 12.4. The van der Waals surface area contributed by atoms with Crippen molar-refractivity contribution >= 4 is 50.3 Å². The number of nitrogens with zero attached hydrogens (tertiary/aromatic N) is 3. The Labute approximate surface area is 157 Å². The monoisotopic (exact) mass is 421 g/mol. The normalized spacial score (nSPS) is 20.0. The first-order chi connectivity index (χ1) is 12.6. The molecule has 0 unspecified atom stereocenters. The molecule has 0 bridgehead atoms. The number of ether oxygens (including phenoxy) is 1. The average Bonchev–Trinajstić information content (AvgIpc) is 2.98. The highest BCUT2D eigenvalue weighted by Gasteiger charge is 2.54. The molecule has 2 rings (SSSR count). The number of carbonyl (C=O) groups is 3. The van der Waals surface area contributed by atoms with Crippen LogP contribution in [0.5, 0.6) is 0 Å². The van der Waals surface area contributed by atoms with Crippen LogP contribution in [0.4, 0.5) is 5.13 Å². The van der Waals surface area contributed by atoms with E-state index in [0.717, 1.165) is 18.3 Å². The fraction of sp³-hybridized carbons (Fsp3) is 0.417. The van der Waals surface area contributed by atoms with E-state index in [2.05, 4.69) is 25.0 Å². The SMILES string of the molecule is CON=C(C(=O)N[C@@H]1C(=O)N(S(=O)(=O)O)[C@@H]1COC(C)=O)c1csc(N)n1. The third-order valence-corrected chi connectivity index (χ3v) is 4.95. The second kappa shape index (κ2) is 7.85. The van der Waals surface area contributed by atoms with Crippen LogP contribution >= 0.6 is 11.3 Å². The molecule has 13 nitrogen and oxygen atoms in total. The molecule has 1 aliphatic heterocycles. The van der Waals surface area contributed by atoms with Crippen molar-refractivity contribution < 1.29 is 36.9 Å². The van der Waals surface area contributed by atoms with Gasteiger partial charge in [-0.05, 0) is 0 Å². The minimum Gasteiger partial charge on any atom is -0.464 e. The highest BCUT2D eigenvalue weighted by molar-refractivity contribution is 7.84. The molecule has 1 aromatic heterocycles. The summed E-state index contributed by atoms with van der Waals surface area (Å²) in [6.07, 6.45) is 0. The Morgan fingerprint density at radius 3 is 2.67 bits per heavy atom. The molecule has 0 saturated carbocycles. The van der Waals surface area contributed by atoms with Gasteiger partial charge in [-0.1, -0.05) is 5.16 Å². The van der Waals surface area contributed by atoms with Gasteiger partial charge in [0.1, 0.15) is 31.5 Å². The molecule has 148 valence electrons. The van der Waals surface area contributed by atoms with Gasteiger partial charge < -0.3 is 20.6 Å². The van der Waals surface area contributed by atoms with E-state index in [-0.39, 0.29) is 20.8 Å². The third kappa shape index (κ3) is 4.50. The number of nitrogens with one attached hydrogen (secondary N) is 1. The number of β-lactam (4-membered cyclic amide) rings is 1. The Morgan fingerprint density at radius 2 is 2.19 bits per heavy atom. The molecule has 27 heavy (non-hydrogen) atoms. The van der Waals surface area contributed by atoms with Crippen LogP contribution in [0.2, 0.25) is 0 Å². The Morgan fingerprint density at radius 1 is 1.52 bits per heavy atom. The summed E-state index contributed by atoms with van der Waals surface area (Å²) in [6, 6.07) is -2.72. The summed E-state index contributed by atoms with van der Waals surface area (Å²) in [6.45, 7) is 0.508. The maximum atomic E-state index is 12.4. The standard InChI is InChI=1S/C12H15N5O8S2/c1-5(18)25-3-7-9(11(20)17(7)27(21,22)23)15-10(19)8(16-24-2)6-4-26-12(13)14-6/h4,7,9H,3H2,1-2H3,(H2,13,14)(H,15,19)(H,21,22,23)/t7-,9+/m1/s1. The Hall–Kier alpha value is -2.78. The summed E-state index contributed by atoms with van der Waals surface area (Å²) in [5.74, 6) is -2.77. The number of anilines is 1. The lowest BCUT2D eigenvalue weighted by Gasteiger charge is -2.43. The number of carbonyl (C=O) groups excluding carboxylic acids is 3. The van der Waals surface area contributed by atoms with E-state index < -0.39 is 46.8 Å². The van der Waals surface area contributed by atoms with E-state index in [1.54, 1.807) is 0 Å². The topological polar surface area (TPSA) is 191 Å². The zero-order chi connectivity index (χ0) is 20.4. The molecule has 4 N–H and O–H groups in total. The summed E-state index contributed by atoms with van der Waals surface area (Å²) < 4.78 is 36.5. The van der Waals surface area contributed by atoms with E-state index in [1.807, 2.05) is 0 Å². The molecule has 1 fully saturated rings. The fourth-order valence-corrected chi connectivity index (χ4v) is 3.64. The van der Waals surface area contributed by atoms with Gasteiger partial charge in [-0.25, -0.2) is 9.29 Å². The van der Waals surface area contributed by atoms with E-state index >= 15 is 0 Å². The number of amides is 2. The quantitative estimate of drug-likeness (QED) is 0.148. The number of rotatable bonds is 7. The Kier molecular flexibility index (Phi) is 5.97. The van der Waals surface area contributed by atoms with Gasteiger partial charge >= 0.3 is 16.3 Å². The average molecular weight is 421 g/mol. The van der Waals surface area contributed by atoms with Crippen molar-refractivity contribution in [3.05, 3.63) is 11.1 Å². The summed E-state index contributed by atoms with van der Waals surface area (Å²) in [5, 5.41) is 7.36. The van der Waals surface area contributed by atoms with Gasteiger partial charge in [0.15, 0.2) is 10.8 Å². The van der Waals surface area contributed by atoms with Gasteiger partial charge in [-0.15, -0.1) is 11.3 Å². The van der Waals surface area contributed by atoms with Crippen LogP contribution in [0.1, 0.15) is 12.6 Å². The second-order valence-corrected chi connectivity index (χ2v) is 7.31. The molecule has 2 heterocycles. The number of nitrogen functional groups attached to an aromatic ring is 1. The zero-order valence-corrected chi connectivity index (χ0v) is 15.6. The summed E-state index contributed by atoms with van der Waals surface area (Å²) >= 11 is 1.04. The molecule has 1 aliphatic rings. The number of aromatic nitrogens is 1. The molecule has 0 aliphatic carbocycles. The van der Waals surface area contributed by atoms with Crippen LogP contribution in [-0.4, -0.2) is 71.6 Å². The highest BCUT2D eigenvalue weighted by Crippen LogP contribution is 2.24. The molecule has 15 heteroatoms. The molecule has 2 amide bonds. The van der Waals surface area contributed by atoms with Crippen molar-refractivity contribution in [2.75, 3.05) is 19.5 Å². The largest absolute Gasteiger partial charge is 0.464 e. The number of esters is 1. The van der Waals surface area contributed by atoms with E-state index in [4.69, 9.17) is 10.3 Å². The highest BCUT2D eigenvalue weighted by atomic mass is 32.2. The van der Waals surface area contributed by atoms with Crippen LogP contribution in [0.15, 0.2) is 10.5 Å². The van der Waals surface area contributed by atoms with Crippen LogP contribution in [-0.2, 0) is 34.3 Å². The smallest absolute Gasteiger partial charge is 0.362 e. The number of hydrogen-bond acceptors (Lipinski definition) is 11. The first-order valence-electron chi connectivity index (χ1n) is 7.13. The Balaban J connectivity index is 2.22. The first kappa shape index (κ1) is 20.5. The molecule has 0 aromatic carbocycles. The van der Waals surface area contributed by atoms with Gasteiger partial charge in [0.05, 0.1) is 0 Å². The van der Waals surface area contributed by atoms with Gasteiger partial charge in [-0.2, -0.15) is 8.42 Å². The Bertz CT molecular complexity index is 895. The van der Waals surface area contributed by atoms with E-state index in [0.29, 0.717) is 0 Å². The maximum Gasteiger partial charge on any atom is 0.362 e. The molecule has 0 spiro atoms. The second-order valence-electron chi connectivity index (χ2n) is 5.13. The van der Waals surface area contributed by atoms with Crippen molar-refractivity contribution in [1.82, 2.24) is 14.6 Å². The van der Waals surface area contributed by atoms with Crippen molar-refractivity contribution in [3.63, 3.8) is 0 Å². The summed E-state index contributed by atoms with van der Waals surface area (Å²) in [4.78, 5) is 43.9. The molecule has 0 radical (unpaired) electrons. The van der Waals surface area contributed by atoms with Gasteiger partial charge in [0.25, 0.3) is 11.8 Å². The number of hydrogen-bond donors (Lipinski definition) is 3. The lowest BCUT2D eigenvalue weighted by Crippen LogP contribution is -2.73. The van der Waals surface area contributed by atoms with E-state index in [9.17, 15) is 22.8 Å². The lowest BCUT2D eigenvalue weighted by molar-refractivity contribution is -0.154. The van der Waals surface area contributed by atoms with Gasteiger partial charge in [-0.3, -0.25) is 18.9 Å². The first-order valence-corrected chi connectivity index (χ1v) is 9.41. The molecule has 2 atom stereocenters. The molecule has 1 saturated heterocycles. The zero-order valence-electron chi connectivity index (χ0n) is 14.0. The van der Waals surface area contributed by atoms with Crippen LogP contribution in [0.3, 0.4) is 0 Å². The number of nitrogens with two attached hydrogens (primary N) is 1. The fourth-order valence-electron chi connectivity index (χ4n) is 2.23. The van der Waals surface area contributed by atoms with Crippen molar-refractivity contribution in [2.24, 2.45) is 5.16 Å². The van der Waals surface area contributed by atoms with E-state index in [1.165, 1.54) is 12.5 Å². The lowest BCUT2D eigenvalue weighted by atomic mass is 9.99. The third-order valence-electron chi connectivity index (χ3n) is 3.32. The van der Waals surface area contributed by atoms with Crippen LogP contribution in [0.25, 0.3) is 0 Å². The number of thiazole rings is 1. The molecular formula is C12H15N5O8S2. The van der Waals surface area contributed by atoms with Crippen molar-refractivity contribution in [3.8, 4) is 0 Å². The van der Waals surface area contributed by atoms with Gasteiger partial charge in [0.2, 0.25) is 0 Å². The minimum absolute atomic E-state index is 0.0757. The van der Waals surface area contributed by atoms with Crippen LogP contribution in [0, 0.1) is 0 Å². The molecule has 1 aromatic rings. The molecular weight excluding hydrogens is 406 g/mol. The van der Waals surface area contributed by atoms with Crippen LogP contribution < -0.4 is 11.1 Å². The minimum atomic E-state index is -4.90.